The molecule has 1 saturated heterocycles. The average molecular weight is 486 g/mol. The number of benzene rings is 2. The molecule has 4 rings (SSSR count). The largest absolute Gasteiger partial charge is 0.486 e. The lowest BCUT2D eigenvalue weighted by atomic mass is 10.2. The fourth-order valence-corrected chi connectivity index (χ4v) is 5.77. The van der Waals surface area contributed by atoms with Crippen molar-refractivity contribution in [2.75, 3.05) is 13.1 Å². The molecule has 0 aliphatic carbocycles. The zero-order chi connectivity index (χ0) is 23.3. The predicted molar refractivity (Wildman–Crippen MR) is 128 cm³/mol. The van der Waals surface area contributed by atoms with Gasteiger partial charge < -0.3 is 10.1 Å². The van der Waals surface area contributed by atoms with Gasteiger partial charge in [0.1, 0.15) is 23.1 Å². The van der Waals surface area contributed by atoms with Gasteiger partial charge in [0.15, 0.2) is 0 Å². The highest BCUT2D eigenvalue weighted by Gasteiger charge is 2.25. The number of hydrogen-bond acceptors (Lipinski definition) is 6. The van der Waals surface area contributed by atoms with Crippen molar-refractivity contribution >= 4 is 27.3 Å². The SMILES string of the molecule is Cc1ccc(OCc2nc(C(=O)NCc3ccc(S(=O)(=O)N4CCCCC4)cc3)cs2)cc1. The molecular weight excluding hydrogens is 458 g/mol. The molecule has 0 spiro atoms. The summed E-state index contributed by atoms with van der Waals surface area (Å²) in [5.41, 5.74) is 2.32. The molecule has 174 valence electrons. The van der Waals surface area contributed by atoms with Gasteiger partial charge in [0.2, 0.25) is 10.0 Å². The van der Waals surface area contributed by atoms with Gasteiger partial charge >= 0.3 is 0 Å². The predicted octanol–water partition coefficient (Wildman–Crippen LogP) is 4.14. The quantitative estimate of drug-likeness (QED) is 0.518. The number of sulfonamides is 1. The average Bonchev–Trinajstić information content (AvgIpc) is 3.32. The highest BCUT2D eigenvalue weighted by molar-refractivity contribution is 7.89. The van der Waals surface area contributed by atoms with Crippen LogP contribution in [0.4, 0.5) is 0 Å². The Morgan fingerprint density at radius 3 is 2.45 bits per heavy atom. The van der Waals surface area contributed by atoms with E-state index in [9.17, 15) is 13.2 Å². The minimum atomic E-state index is -3.45. The molecule has 0 radical (unpaired) electrons. The van der Waals surface area contributed by atoms with Crippen molar-refractivity contribution in [1.29, 1.82) is 0 Å². The van der Waals surface area contributed by atoms with Crippen molar-refractivity contribution in [3.63, 3.8) is 0 Å². The Kier molecular flexibility index (Phi) is 7.42. The van der Waals surface area contributed by atoms with Gasteiger partial charge in [0.25, 0.3) is 5.91 Å². The summed E-state index contributed by atoms with van der Waals surface area (Å²) < 4.78 is 32.8. The van der Waals surface area contributed by atoms with Crippen LogP contribution < -0.4 is 10.1 Å². The summed E-state index contributed by atoms with van der Waals surface area (Å²) in [6.07, 6.45) is 2.88. The number of thiazole rings is 1. The van der Waals surface area contributed by atoms with Crippen LogP contribution >= 0.6 is 11.3 Å². The lowest BCUT2D eigenvalue weighted by Gasteiger charge is -2.25. The maximum atomic E-state index is 12.7. The van der Waals surface area contributed by atoms with E-state index in [2.05, 4.69) is 10.3 Å². The van der Waals surface area contributed by atoms with Crippen LogP contribution in [-0.4, -0.2) is 36.7 Å². The van der Waals surface area contributed by atoms with Gasteiger partial charge in [-0.25, -0.2) is 13.4 Å². The maximum absolute atomic E-state index is 12.7. The molecule has 9 heteroatoms. The Morgan fingerprint density at radius 1 is 1.06 bits per heavy atom. The summed E-state index contributed by atoms with van der Waals surface area (Å²) >= 11 is 1.37. The van der Waals surface area contributed by atoms with Crippen molar-refractivity contribution < 1.29 is 17.9 Å². The van der Waals surface area contributed by atoms with Gasteiger partial charge in [-0.15, -0.1) is 11.3 Å². The zero-order valence-corrected chi connectivity index (χ0v) is 20.1. The number of aryl methyl sites for hydroxylation is 1. The molecule has 2 heterocycles. The highest BCUT2D eigenvalue weighted by Crippen LogP contribution is 2.21. The van der Waals surface area contributed by atoms with Crippen LogP contribution in [0.1, 0.15) is 45.9 Å². The number of ether oxygens (including phenoxy) is 1. The monoisotopic (exact) mass is 485 g/mol. The maximum Gasteiger partial charge on any atom is 0.271 e. The molecule has 1 fully saturated rings. The smallest absolute Gasteiger partial charge is 0.271 e. The van der Waals surface area contributed by atoms with Gasteiger partial charge in [-0.05, 0) is 49.6 Å². The molecule has 33 heavy (non-hydrogen) atoms. The molecule has 0 atom stereocenters. The van der Waals surface area contributed by atoms with Gasteiger partial charge in [0.05, 0.1) is 4.90 Å². The van der Waals surface area contributed by atoms with Gasteiger partial charge in [0, 0.05) is 25.0 Å². The van der Waals surface area contributed by atoms with Gasteiger partial charge in [-0.1, -0.05) is 36.2 Å². The second-order valence-corrected chi connectivity index (χ2v) is 10.9. The van der Waals surface area contributed by atoms with Crippen molar-refractivity contribution in [1.82, 2.24) is 14.6 Å². The number of piperidine rings is 1. The van der Waals surface area contributed by atoms with E-state index in [0.717, 1.165) is 36.1 Å². The summed E-state index contributed by atoms with van der Waals surface area (Å²) in [4.78, 5) is 17.1. The third-order valence-corrected chi connectivity index (χ3v) is 8.23. The normalized spacial score (nSPS) is 14.7. The lowest BCUT2D eigenvalue weighted by molar-refractivity contribution is 0.0946. The Labute approximate surface area is 198 Å². The Balaban J connectivity index is 1.29. The summed E-state index contributed by atoms with van der Waals surface area (Å²) in [5, 5.41) is 5.26. The first-order valence-corrected chi connectivity index (χ1v) is 13.2. The third-order valence-electron chi connectivity index (χ3n) is 5.50. The van der Waals surface area contributed by atoms with Gasteiger partial charge in [-0.3, -0.25) is 4.79 Å². The van der Waals surface area contributed by atoms with Crippen molar-refractivity contribution in [3.8, 4) is 5.75 Å². The van der Waals surface area contributed by atoms with Crippen LogP contribution in [0, 0.1) is 6.92 Å². The first-order valence-electron chi connectivity index (χ1n) is 10.9. The van der Waals surface area contributed by atoms with Crippen LogP contribution in [0.25, 0.3) is 0 Å². The number of nitrogens with zero attached hydrogens (tertiary/aromatic N) is 2. The number of carbonyl (C=O) groups is 1. The van der Waals surface area contributed by atoms with E-state index in [1.54, 1.807) is 34.0 Å². The first kappa shape index (κ1) is 23.4. The van der Waals surface area contributed by atoms with E-state index >= 15 is 0 Å². The van der Waals surface area contributed by atoms with Crippen molar-refractivity contribution in [2.24, 2.45) is 0 Å². The highest BCUT2D eigenvalue weighted by atomic mass is 32.2. The summed E-state index contributed by atoms with van der Waals surface area (Å²) in [6, 6.07) is 14.4. The van der Waals surface area contributed by atoms with Crippen LogP contribution in [0.15, 0.2) is 58.8 Å². The van der Waals surface area contributed by atoms with Crippen molar-refractivity contribution in [2.45, 2.75) is 44.2 Å². The number of amides is 1. The number of nitrogens with one attached hydrogen (secondary N) is 1. The standard InChI is InChI=1S/C24H27N3O4S2/c1-18-5-9-20(10-6-18)31-16-23-26-22(17-32-23)24(28)25-15-19-7-11-21(12-8-19)33(29,30)27-13-3-2-4-14-27/h5-12,17H,2-4,13-16H2,1H3,(H,25,28). The zero-order valence-electron chi connectivity index (χ0n) is 18.5. The number of carbonyl (C=O) groups excluding carboxylic acids is 1. The number of aromatic nitrogens is 1. The molecule has 2 aromatic carbocycles. The van der Waals surface area contributed by atoms with Crippen LogP contribution in [-0.2, 0) is 23.2 Å². The van der Waals surface area contributed by atoms with E-state index in [0.29, 0.717) is 30.4 Å². The molecular formula is C24H27N3O4S2. The third kappa shape index (κ3) is 5.98. The molecule has 0 unspecified atom stereocenters. The summed E-state index contributed by atoms with van der Waals surface area (Å²) in [5.74, 6) is 0.477. The van der Waals surface area contributed by atoms with Crippen LogP contribution in [0.5, 0.6) is 5.75 Å². The van der Waals surface area contributed by atoms with E-state index in [-0.39, 0.29) is 17.3 Å². The second-order valence-electron chi connectivity index (χ2n) is 8.02. The van der Waals surface area contributed by atoms with E-state index in [4.69, 9.17) is 4.74 Å². The molecule has 1 N–H and O–H groups in total. The Bertz CT molecular complexity index is 1180. The van der Waals surface area contributed by atoms with Gasteiger partial charge in [-0.2, -0.15) is 4.31 Å². The molecule has 0 bridgehead atoms. The van der Waals surface area contributed by atoms with E-state index in [1.807, 2.05) is 31.2 Å². The number of hydrogen-bond donors (Lipinski definition) is 1. The minimum Gasteiger partial charge on any atom is -0.486 e. The molecule has 1 aliphatic heterocycles. The van der Waals surface area contributed by atoms with E-state index in [1.165, 1.54) is 11.3 Å². The number of rotatable bonds is 8. The molecule has 1 amide bonds. The van der Waals surface area contributed by atoms with E-state index < -0.39 is 10.0 Å². The second kappa shape index (κ2) is 10.5. The Hall–Kier alpha value is -2.75. The molecule has 1 aromatic heterocycles. The van der Waals surface area contributed by atoms with Crippen LogP contribution in [0.2, 0.25) is 0 Å². The fraction of sp³-hybridized carbons (Fsp3) is 0.333. The first-order chi connectivity index (χ1) is 15.9. The van der Waals surface area contributed by atoms with Crippen LogP contribution in [0.3, 0.4) is 0 Å². The Morgan fingerprint density at radius 2 is 1.76 bits per heavy atom. The fourth-order valence-electron chi connectivity index (χ4n) is 3.57. The molecule has 3 aromatic rings. The van der Waals surface area contributed by atoms with Crippen molar-refractivity contribution in [3.05, 3.63) is 75.7 Å². The molecule has 7 nitrogen and oxygen atoms in total. The topological polar surface area (TPSA) is 88.6 Å². The molecule has 0 saturated carbocycles. The summed E-state index contributed by atoms with van der Waals surface area (Å²) in [7, 11) is -3.45. The minimum absolute atomic E-state index is 0.280. The summed E-state index contributed by atoms with van der Waals surface area (Å²) in [6.45, 7) is 3.75. The lowest BCUT2D eigenvalue weighted by Crippen LogP contribution is -2.35. The molecule has 1 aliphatic rings.